The highest BCUT2D eigenvalue weighted by Crippen LogP contribution is 2.24. The van der Waals surface area contributed by atoms with Gasteiger partial charge in [-0.3, -0.25) is 0 Å². The highest BCUT2D eigenvalue weighted by atomic mass is 32.2. The summed E-state index contributed by atoms with van der Waals surface area (Å²) >= 11 is 1.60. The first-order valence-corrected chi connectivity index (χ1v) is 7.29. The summed E-state index contributed by atoms with van der Waals surface area (Å²) in [6.45, 7) is 4.31. The summed E-state index contributed by atoms with van der Waals surface area (Å²) in [5.74, 6) is 1.62. The first kappa shape index (κ1) is 14.7. The average molecular weight is 290 g/mol. The number of hydrogen-bond donors (Lipinski definition) is 1. The van der Waals surface area contributed by atoms with Crippen LogP contribution in [0.5, 0.6) is 5.75 Å². The Labute approximate surface area is 123 Å². The predicted octanol–water partition coefficient (Wildman–Crippen LogP) is 2.71. The summed E-state index contributed by atoms with van der Waals surface area (Å²) < 4.78 is 7.38. The van der Waals surface area contributed by atoms with Crippen LogP contribution in [0, 0.1) is 0 Å². The van der Waals surface area contributed by atoms with Gasteiger partial charge in [-0.05, 0) is 6.07 Å². The number of benzene rings is 1. The van der Waals surface area contributed by atoms with Gasteiger partial charge in [0.25, 0.3) is 0 Å². The fraction of sp³-hybridized carbons (Fsp3) is 0.267. The maximum Gasteiger partial charge on any atom is 0.168 e. The first-order chi connectivity index (χ1) is 9.80. The molecule has 20 heavy (non-hydrogen) atoms. The minimum atomic E-state index is -0.0310. The molecular weight excluding hydrogens is 272 g/mol. The van der Waals surface area contributed by atoms with Gasteiger partial charge < -0.3 is 14.4 Å². The SMILES string of the molecule is C=CCSc1ncc(CO)n1Cc1ccccc1OC. The van der Waals surface area contributed by atoms with Crippen molar-refractivity contribution in [1.82, 2.24) is 9.55 Å². The smallest absolute Gasteiger partial charge is 0.168 e. The molecule has 0 fully saturated rings. The van der Waals surface area contributed by atoms with Gasteiger partial charge in [-0.15, -0.1) is 6.58 Å². The van der Waals surface area contributed by atoms with E-state index in [1.54, 1.807) is 25.1 Å². The number of methoxy groups -OCH3 is 1. The van der Waals surface area contributed by atoms with Crippen LogP contribution < -0.4 is 4.74 Å². The van der Waals surface area contributed by atoms with Crippen LogP contribution in [0.2, 0.25) is 0 Å². The lowest BCUT2D eigenvalue weighted by Crippen LogP contribution is -2.07. The lowest BCUT2D eigenvalue weighted by atomic mass is 10.2. The number of imidazole rings is 1. The molecule has 0 bridgehead atoms. The first-order valence-electron chi connectivity index (χ1n) is 6.31. The summed E-state index contributed by atoms with van der Waals surface area (Å²) in [6, 6.07) is 7.86. The number of aromatic nitrogens is 2. The third-order valence-electron chi connectivity index (χ3n) is 2.91. The van der Waals surface area contributed by atoms with Crippen LogP contribution in [0.1, 0.15) is 11.3 Å². The van der Waals surface area contributed by atoms with E-state index >= 15 is 0 Å². The molecule has 2 rings (SSSR count). The highest BCUT2D eigenvalue weighted by molar-refractivity contribution is 7.99. The van der Waals surface area contributed by atoms with E-state index < -0.39 is 0 Å². The summed E-state index contributed by atoms with van der Waals surface area (Å²) in [5, 5.41) is 10.3. The number of nitrogens with zero attached hydrogens (tertiary/aromatic N) is 2. The fourth-order valence-electron chi connectivity index (χ4n) is 1.94. The van der Waals surface area contributed by atoms with Gasteiger partial charge in [0.2, 0.25) is 0 Å². The summed E-state index contributed by atoms with van der Waals surface area (Å²) in [4.78, 5) is 4.35. The molecule has 0 aliphatic heterocycles. The number of para-hydroxylation sites is 1. The zero-order chi connectivity index (χ0) is 14.4. The second-order valence-corrected chi connectivity index (χ2v) is 5.18. The van der Waals surface area contributed by atoms with Crippen molar-refractivity contribution in [2.75, 3.05) is 12.9 Å². The van der Waals surface area contributed by atoms with E-state index in [-0.39, 0.29) is 6.61 Å². The van der Waals surface area contributed by atoms with E-state index in [0.717, 1.165) is 27.9 Å². The monoisotopic (exact) mass is 290 g/mol. The van der Waals surface area contributed by atoms with Crippen LogP contribution in [0.25, 0.3) is 0 Å². The Kier molecular flexibility index (Phi) is 5.26. The van der Waals surface area contributed by atoms with E-state index in [4.69, 9.17) is 4.74 Å². The number of thioether (sulfide) groups is 1. The number of aliphatic hydroxyl groups is 1. The Morgan fingerprint density at radius 3 is 2.95 bits per heavy atom. The van der Waals surface area contributed by atoms with Crippen LogP contribution in [0.15, 0.2) is 48.3 Å². The molecule has 0 saturated carbocycles. The van der Waals surface area contributed by atoms with Crippen molar-refractivity contribution in [1.29, 1.82) is 0 Å². The zero-order valence-electron chi connectivity index (χ0n) is 11.5. The summed E-state index contributed by atoms with van der Waals surface area (Å²) in [6.07, 6.45) is 3.55. The fourth-order valence-corrected chi connectivity index (χ4v) is 2.67. The van der Waals surface area contributed by atoms with Crippen LogP contribution in [-0.4, -0.2) is 27.5 Å². The van der Waals surface area contributed by atoms with E-state index in [0.29, 0.717) is 6.54 Å². The van der Waals surface area contributed by atoms with Crippen molar-refractivity contribution in [3.63, 3.8) is 0 Å². The van der Waals surface area contributed by atoms with Crippen LogP contribution in [-0.2, 0) is 13.2 Å². The van der Waals surface area contributed by atoms with Gasteiger partial charge >= 0.3 is 0 Å². The van der Waals surface area contributed by atoms with Gasteiger partial charge in [0.1, 0.15) is 5.75 Å². The second-order valence-electron chi connectivity index (χ2n) is 4.19. The molecule has 0 atom stereocenters. The Hall–Kier alpha value is -1.72. The van der Waals surface area contributed by atoms with Crippen molar-refractivity contribution in [3.8, 4) is 5.75 Å². The Morgan fingerprint density at radius 2 is 2.25 bits per heavy atom. The Balaban J connectivity index is 2.31. The standard InChI is InChI=1S/C15H18N2O2S/c1-3-8-20-15-16-9-13(11-18)17(15)10-12-6-4-5-7-14(12)19-2/h3-7,9,18H,1,8,10-11H2,2H3. The molecular formula is C15H18N2O2S. The van der Waals surface area contributed by atoms with Crippen molar-refractivity contribution >= 4 is 11.8 Å². The molecule has 0 aliphatic carbocycles. The summed E-state index contributed by atoms with van der Waals surface area (Å²) in [7, 11) is 1.66. The van der Waals surface area contributed by atoms with Gasteiger partial charge in [-0.25, -0.2) is 4.98 Å². The molecule has 0 radical (unpaired) electrons. The van der Waals surface area contributed by atoms with Gasteiger partial charge in [-0.1, -0.05) is 36.0 Å². The predicted molar refractivity (Wildman–Crippen MR) is 81.2 cm³/mol. The minimum Gasteiger partial charge on any atom is -0.496 e. The lowest BCUT2D eigenvalue weighted by molar-refractivity contribution is 0.270. The van der Waals surface area contributed by atoms with Crippen LogP contribution in [0.3, 0.4) is 0 Å². The van der Waals surface area contributed by atoms with E-state index in [1.807, 2.05) is 34.9 Å². The topological polar surface area (TPSA) is 47.3 Å². The van der Waals surface area contributed by atoms with Gasteiger partial charge in [0.05, 0.1) is 32.2 Å². The molecule has 2 aromatic rings. The van der Waals surface area contributed by atoms with Crippen molar-refractivity contribution in [2.24, 2.45) is 0 Å². The molecule has 0 unspecified atom stereocenters. The van der Waals surface area contributed by atoms with Crippen LogP contribution in [0.4, 0.5) is 0 Å². The zero-order valence-corrected chi connectivity index (χ0v) is 12.3. The molecule has 0 spiro atoms. The third kappa shape index (κ3) is 3.23. The number of rotatable bonds is 7. The van der Waals surface area contributed by atoms with Gasteiger partial charge in [-0.2, -0.15) is 0 Å². The highest BCUT2D eigenvalue weighted by Gasteiger charge is 2.12. The van der Waals surface area contributed by atoms with Crippen molar-refractivity contribution in [3.05, 3.63) is 54.4 Å². The van der Waals surface area contributed by atoms with Gasteiger partial charge in [0.15, 0.2) is 5.16 Å². The molecule has 4 nitrogen and oxygen atoms in total. The third-order valence-corrected chi connectivity index (χ3v) is 3.90. The largest absolute Gasteiger partial charge is 0.496 e. The van der Waals surface area contributed by atoms with E-state index in [2.05, 4.69) is 11.6 Å². The molecule has 1 aromatic carbocycles. The molecule has 5 heteroatoms. The molecule has 106 valence electrons. The lowest BCUT2D eigenvalue weighted by Gasteiger charge is -2.13. The molecule has 0 amide bonds. The Morgan fingerprint density at radius 1 is 1.45 bits per heavy atom. The summed E-state index contributed by atoms with van der Waals surface area (Å²) in [5.41, 5.74) is 1.85. The van der Waals surface area contributed by atoms with E-state index in [1.165, 1.54) is 0 Å². The maximum absolute atomic E-state index is 9.44. The minimum absolute atomic E-state index is 0.0310. The van der Waals surface area contributed by atoms with Crippen molar-refractivity contribution < 1.29 is 9.84 Å². The maximum atomic E-state index is 9.44. The molecule has 0 saturated heterocycles. The molecule has 1 N–H and O–H groups in total. The number of hydrogen-bond acceptors (Lipinski definition) is 4. The molecule has 0 aliphatic rings. The quantitative estimate of drug-likeness (QED) is 0.629. The van der Waals surface area contributed by atoms with Crippen molar-refractivity contribution in [2.45, 2.75) is 18.3 Å². The van der Waals surface area contributed by atoms with Crippen LogP contribution >= 0.6 is 11.8 Å². The number of ether oxygens (including phenoxy) is 1. The molecule has 1 heterocycles. The average Bonchev–Trinajstić information content (AvgIpc) is 2.87. The molecule has 1 aromatic heterocycles. The van der Waals surface area contributed by atoms with Gasteiger partial charge in [0, 0.05) is 11.3 Å². The number of aliphatic hydroxyl groups excluding tert-OH is 1. The second kappa shape index (κ2) is 7.17. The normalized spacial score (nSPS) is 10.5. The van der Waals surface area contributed by atoms with E-state index in [9.17, 15) is 5.11 Å². The Bertz CT molecular complexity index is 581.